The molecule has 4 heteroatoms. The largest absolute Gasteiger partial charge is 0.463 e. The van der Waals surface area contributed by atoms with Gasteiger partial charge in [-0.2, -0.15) is 0 Å². The van der Waals surface area contributed by atoms with E-state index in [4.69, 9.17) is 4.74 Å². The molecule has 100 valence electrons. The van der Waals surface area contributed by atoms with Gasteiger partial charge in [0.2, 0.25) is 0 Å². The molecule has 0 saturated carbocycles. The van der Waals surface area contributed by atoms with Crippen molar-refractivity contribution in [3.05, 3.63) is 48.6 Å². The fourth-order valence-electron chi connectivity index (χ4n) is 1.98. The minimum Gasteiger partial charge on any atom is -0.463 e. The molecule has 0 aromatic carbocycles. The Bertz CT molecular complexity index is 572. The fourth-order valence-corrected chi connectivity index (χ4v) is 1.98. The van der Waals surface area contributed by atoms with Crippen molar-refractivity contribution in [2.45, 2.75) is 26.2 Å². The first-order chi connectivity index (χ1) is 9.31. The summed E-state index contributed by atoms with van der Waals surface area (Å²) in [4.78, 5) is 15.2. The summed E-state index contributed by atoms with van der Waals surface area (Å²) in [7, 11) is 0. The van der Waals surface area contributed by atoms with Crippen LogP contribution in [0.5, 0.6) is 0 Å². The molecule has 2 aromatic heterocycles. The van der Waals surface area contributed by atoms with Crippen LogP contribution in [0.2, 0.25) is 0 Å². The van der Waals surface area contributed by atoms with E-state index in [1.54, 1.807) is 6.92 Å². The van der Waals surface area contributed by atoms with Crippen molar-refractivity contribution in [1.29, 1.82) is 0 Å². The summed E-state index contributed by atoms with van der Waals surface area (Å²) in [5.74, 6) is -0.265. The molecule has 0 aliphatic rings. The zero-order chi connectivity index (χ0) is 13.5. The molecular formula is C15H18N2O2. The number of carbonyl (C=O) groups excluding carboxylic acids is 1. The van der Waals surface area contributed by atoms with Crippen LogP contribution in [0, 0.1) is 0 Å². The number of aryl methyl sites for hydroxylation is 1. The maximum absolute atomic E-state index is 11.1. The molecule has 0 atom stereocenters. The number of fused-ring (bicyclic) bond motifs is 1. The lowest BCUT2D eigenvalue weighted by atomic mass is 10.1. The Morgan fingerprint density at radius 1 is 1.47 bits per heavy atom. The van der Waals surface area contributed by atoms with E-state index in [2.05, 4.69) is 15.5 Å². The van der Waals surface area contributed by atoms with E-state index in [-0.39, 0.29) is 5.97 Å². The van der Waals surface area contributed by atoms with Gasteiger partial charge in [0.25, 0.3) is 0 Å². The van der Waals surface area contributed by atoms with Gasteiger partial charge in [0.05, 0.1) is 24.6 Å². The lowest BCUT2D eigenvalue weighted by Crippen LogP contribution is -1.99. The fraction of sp³-hybridized carbons (Fsp3) is 0.333. The number of rotatable bonds is 6. The molecule has 0 fully saturated rings. The van der Waals surface area contributed by atoms with Gasteiger partial charge in [0, 0.05) is 11.8 Å². The zero-order valence-corrected chi connectivity index (χ0v) is 11.1. The maximum atomic E-state index is 11.1. The van der Waals surface area contributed by atoms with Crippen molar-refractivity contribution in [3.8, 4) is 0 Å². The number of ether oxygens (including phenoxy) is 1. The Balaban J connectivity index is 1.83. The Morgan fingerprint density at radius 2 is 2.37 bits per heavy atom. The van der Waals surface area contributed by atoms with Crippen LogP contribution in [0.4, 0.5) is 0 Å². The zero-order valence-electron chi connectivity index (χ0n) is 11.1. The number of hydrogen-bond donors (Lipinski definition) is 0. The number of esters is 1. The van der Waals surface area contributed by atoms with Crippen LogP contribution < -0.4 is 0 Å². The number of hydrogen-bond acceptors (Lipinski definition) is 3. The molecule has 0 N–H and O–H groups in total. The molecule has 0 unspecified atom stereocenters. The SMILES string of the molecule is CCOC(=O)/C=C/CCCc1cccc2cncn12. The van der Waals surface area contributed by atoms with Gasteiger partial charge in [-0.15, -0.1) is 0 Å². The third kappa shape index (κ3) is 3.68. The predicted octanol–water partition coefficient (Wildman–Crippen LogP) is 2.78. The van der Waals surface area contributed by atoms with Crippen LogP contribution >= 0.6 is 0 Å². The van der Waals surface area contributed by atoms with Gasteiger partial charge in [-0.25, -0.2) is 9.78 Å². The number of nitrogens with zero attached hydrogens (tertiary/aromatic N) is 2. The molecule has 2 rings (SSSR count). The summed E-state index contributed by atoms with van der Waals surface area (Å²) in [6.07, 6.45) is 9.87. The highest BCUT2D eigenvalue weighted by molar-refractivity contribution is 5.81. The van der Waals surface area contributed by atoms with Gasteiger partial charge in [-0.3, -0.25) is 0 Å². The second kappa shape index (κ2) is 6.73. The lowest BCUT2D eigenvalue weighted by molar-refractivity contribution is -0.137. The molecule has 19 heavy (non-hydrogen) atoms. The Morgan fingerprint density at radius 3 is 3.21 bits per heavy atom. The van der Waals surface area contributed by atoms with E-state index in [1.807, 2.05) is 30.7 Å². The summed E-state index contributed by atoms with van der Waals surface area (Å²) in [6.45, 7) is 2.23. The van der Waals surface area contributed by atoms with Crippen molar-refractivity contribution in [1.82, 2.24) is 9.38 Å². The van der Waals surface area contributed by atoms with Gasteiger partial charge in [0.15, 0.2) is 0 Å². The van der Waals surface area contributed by atoms with E-state index >= 15 is 0 Å². The molecule has 0 saturated heterocycles. The summed E-state index contributed by atoms with van der Waals surface area (Å²) in [6, 6.07) is 6.18. The number of carbonyl (C=O) groups is 1. The first kappa shape index (κ1) is 13.3. The highest BCUT2D eigenvalue weighted by atomic mass is 16.5. The standard InChI is InChI=1S/C15H18N2O2/c1-2-19-15(18)10-5-3-4-7-13-8-6-9-14-11-16-12-17(13)14/h5-6,8-12H,2-4,7H2,1H3/b10-5+. The van der Waals surface area contributed by atoms with Gasteiger partial charge in [0.1, 0.15) is 0 Å². The number of aromatic nitrogens is 2. The first-order valence-electron chi connectivity index (χ1n) is 6.54. The van der Waals surface area contributed by atoms with Gasteiger partial charge in [-0.05, 0) is 38.3 Å². The van der Waals surface area contributed by atoms with Gasteiger partial charge >= 0.3 is 5.97 Å². The average molecular weight is 258 g/mol. The van der Waals surface area contributed by atoms with E-state index in [9.17, 15) is 4.79 Å². The minimum atomic E-state index is -0.265. The normalized spacial score (nSPS) is 11.2. The molecule has 0 aliphatic heterocycles. The molecule has 2 aromatic rings. The Hall–Kier alpha value is -2.10. The van der Waals surface area contributed by atoms with Crippen LogP contribution in [-0.4, -0.2) is 22.0 Å². The summed E-state index contributed by atoms with van der Waals surface area (Å²) >= 11 is 0. The Labute approximate surface area is 112 Å². The molecular weight excluding hydrogens is 240 g/mol. The second-order valence-corrected chi connectivity index (χ2v) is 4.25. The molecule has 2 heterocycles. The van der Waals surface area contributed by atoms with Crippen molar-refractivity contribution < 1.29 is 9.53 Å². The molecule has 0 spiro atoms. The number of allylic oxidation sites excluding steroid dienone is 1. The third-order valence-electron chi connectivity index (χ3n) is 2.88. The monoisotopic (exact) mass is 258 g/mol. The molecule has 0 bridgehead atoms. The molecule has 4 nitrogen and oxygen atoms in total. The number of unbranched alkanes of at least 4 members (excludes halogenated alkanes) is 1. The quantitative estimate of drug-likeness (QED) is 0.454. The van der Waals surface area contributed by atoms with Crippen LogP contribution in [0.25, 0.3) is 5.52 Å². The molecule has 0 radical (unpaired) electrons. The Kier molecular flexibility index (Phi) is 4.72. The number of pyridine rings is 1. The average Bonchev–Trinajstić information content (AvgIpc) is 2.87. The third-order valence-corrected chi connectivity index (χ3v) is 2.88. The van der Waals surface area contributed by atoms with Crippen molar-refractivity contribution in [2.24, 2.45) is 0 Å². The topological polar surface area (TPSA) is 43.6 Å². The van der Waals surface area contributed by atoms with E-state index in [0.29, 0.717) is 6.61 Å². The molecule has 0 amide bonds. The van der Waals surface area contributed by atoms with Crippen LogP contribution in [0.1, 0.15) is 25.5 Å². The summed E-state index contributed by atoms with van der Waals surface area (Å²) in [5.41, 5.74) is 2.35. The lowest BCUT2D eigenvalue weighted by Gasteiger charge is -2.03. The van der Waals surface area contributed by atoms with Gasteiger partial charge < -0.3 is 9.14 Å². The van der Waals surface area contributed by atoms with E-state index in [0.717, 1.165) is 24.8 Å². The van der Waals surface area contributed by atoms with E-state index < -0.39 is 0 Å². The smallest absolute Gasteiger partial charge is 0.330 e. The highest BCUT2D eigenvalue weighted by Crippen LogP contribution is 2.10. The first-order valence-corrected chi connectivity index (χ1v) is 6.54. The highest BCUT2D eigenvalue weighted by Gasteiger charge is 1.99. The van der Waals surface area contributed by atoms with Crippen LogP contribution in [-0.2, 0) is 16.0 Å². The predicted molar refractivity (Wildman–Crippen MR) is 73.9 cm³/mol. The minimum absolute atomic E-state index is 0.265. The number of imidazole rings is 1. The van der Waals surface area contributed by atoms with Crippen molar-refractivity contribution in [2.75, 3.05) is 6.61 Å². The summed E-state index contributed by atoms with van der Waals surface area (Å²) in [5, 5.41) is 0. The van der Waals surface area contributed by atoms with Crippen molar-refractivity contribution in [3.63, 3.8) is 0 Å². The van der Waals surface area contributed by atoms with Crippen LogP contribution in [0.15, 0.2) is 42.9 Å². The van der Waals surface area contributed by atoms with E-state index in [1.165, 1.54) is 11.8 Å². The molecule has 0 aliphatic carbocycles. The summed E-state index contributed by atoms with van der Waals surface area (Å²) < 4.78 is 6.91. The second-order valence-electron chi connectivity index (χ2n) is 4.25. The van der Waals surface area contributed by atoms with Crippen LogP contribution in [0.3, 0.4) is 0 Å². The van der Waals surface area contributed by atoms with Gasteiger partial charge in [-0.1, -0.05) is 12.1 Å². The maximum Gasteiger partial charge on any atom is 0.330 e. The van der Waals surface area contributed by atoms with Crippen molar-refractivity contribution >= 4 is 11.5 Å².